The van der Waals surface area contributed by atoms with Crippen molar-refractivity contribution >= 4 is 11.7 Å². The van der Waals surface area contributed by atoms with Crippen LogP contribution in [0.1, 0.15) is 18.1 Å². The van der Waals surface area contributed by atoms with Crippen molar-refractivity contribution < 1.29 is 9.90 Å². The first-order chi connectivity index (χ1) is 7.02. The van der Waals surface area contributed by atoms with Crippen LogP contribution in [0.3, 0.4) is 0 Å². The van der Waals surface area contributed by atoms with Crippen molar-refractivity contribution in [1.29, 1.82) is 0 Å². The predicted octanol–water partition coefficient (Wildman–Crippen LogP) is 1.14. The van der Waals surface area contributed by atoms with Gasteiger partial charge in [-0.3, -0.25) is 4.79 Å². The van der Waals surface area contributed by atoms with Gasteiger partial charge in [0.15, 0.2) is 0 Å². The van der Waals surface area contributed by atoms with E-state index in [4.69, 9.17) is 10.8 Å². The fourth-order valence-corrected chi connectivity index (χ4v) is 1.31. The number of aryl methyl sites for hydroxylation is 1. The number of hydrogen-bond donors (Lipinski definition) is 3. The van der Waals surface area contributed by atoms with Crippen LogP contribution in [0.5, 0.6) is 0 Å². The van der Waals surface area contributed by atoms with Gasteiger partial charge in [-0.15, -0.1) is 0 Å². The molecule has 0 aromatic heterocycles. The summed E-state index contributed by atoms with van der Waals surface area (Å²) in [5.41, 5.74) is 8.52. The molecular formula is C11H16N2O2. The molecule has 4 heteroatoms. The van der Waals surface area contributed by atoms with Crippen LogP contribution in [-0.2, 0) is 11.3 Å². The second kappa shape index (κ2) is 4.79. The number of nitrogen functional groups attached to an aromatic ring is 1. The van der Waals surface area contributed by atoms with Crippen LogP contribution in [0.25, 0.3) is 0 Å². The molecule has 0 aliphatic carbocycles. The van der Waals surface area contributed by atoms with Gasteiger partial charge in [0.05, 0.1) is 0 Å². The zero-order valence-electron chi connectivity index (χ0n) is 8.95. The van der Waals surface area contributed by atoms with Gasteiger partial charge in [0.1, 0.15) is 6.04 Å². The second-order valence-corrected chi connectivity index (χ2v) is 3.58. The summed E-state index contributed by atoms with van der Waals surface area (Å²) in [5, 5.41) is 11.6. The Morgan fingerprint density at radius 3 is 2.80 bits per heavy atom. The maximum Gasteiger partial charge on any atom is 0.320 e. The number of nitrogens with one attached hydrogen (secondary N) is 1. The maximum atomic E-state index is 10.6. The minimum absolute atomic E-state index is 0.478. The van der Waals surface area contributed by atoms with E-state index in [0.717, 1.165) is 11.1 Å². The Labute approximate surface area is 89.1 Å². The van der Waals surface area contributed by atoms with Crippen molar-refractivity contribution in [3.05, 3.63) is 29.3 Å². The zero-order valence-corrected chi connectivity index (χ0v) is 8.95. The van der Waals surface area contributed by atoms with E-state index in [1.165, 1.54) is 0 Å². The number of carboxylic acids is 1. The van der Waals surface area contributed by atoms with E-state index in [0.29, 0.717) is 12.2 Å². The van der Waals surface area contributed by atoms with Crippen LogP contribution in [-0.4, -0.2) is 17.1 Å². The van der Waals surface area contributed by atoms with E-state index >= 15 is 0 Å². The zero-order chi connectivity index (χ0) is 11.4. The van der Waals surface area contributed by atoms with Gasteiger partial charge in [0.2, 0.25) is 0 Å². The number of aliphatic carboxylic acids is 1. The molecule has 1 rings (SSSR count). The van der Waals surface area contributed by atoms with E-state index in [9.17, 15) is 4.79 Å². The molecule has 0 aliphatic heterocycles. The Kier molecular flexibility index (Phi) is 3.68. The molecule has 0 unspecified atom stereocenters. The summed E-state index contributed by atoms with van der Waals surface area (Å²) >= 11 is 0. The largest absolute Gasteiger partial charge is 0.480 e. The average Bonchev–Trinajstić information content (AvgIpc) is 2.16. The number of rotatable bonds is 4. The second-order valence-electron chi connectivity index (χ2n) is 3.58. The number of anilines is 1. The molecule has 0 saturated heterocycles. The van der Waals surface area contributed by atoms with Gasteiger partial charge >= 0.3 is 5.97 Å². The van der Waals surface area contributed by atoms with Gasteiger partial charge in [0, 0.05) is 12.2 Å². The van der Waals surface area contributed by atoms with Crippen LogP contribution in [0.15, 0.2) is 18.2 Å². The van der Waals surface area contributed by atoms with E-state index in [-0.39, 0.29) is 0 Å². The Hall–Kier alpha value is -1.55. The van der Waals surface area contributed by atoms with Crippen LogP contribution in [0, 0.1) is 6.92 Å². The van der Waals surface area contributed by atoms with Crippen LogP contribution in [0.4, 0.5) is 5.69 Å². The van der Waals surface area contributed by atoms with Gasteiger partial charge in [-0.25, -0.2) is 0 Å². The molecule has 0 spiro atoms. The number of nitrogens with two attached hydrogens (primary N) is 1. The summed E-state index contributed by atoms with van der Waals surface area (Å²) < 4.78 is 0. The molecule has 1 atom stereocenters. The summed E-state index contributed by atoms with van der Waals surface area (Å²) in [4.78, 5) is 10.6. The number of hydrogen-bond acceptors (Lipinski definition) is 3. The standard InChI is InChI=1S/C11H16N2O2/c1-7-4-3-5-10(12)9(7)6-13-8(2)11(14)15/h3-5,8,13H,6,12H2,1-2H3,(H,14,15)/t8-/m0/s1. The molecule has 1 aromatic rings. The fourth-order valence-electron chi connectivity index (χ4n) is 1.31. The van der Waals surface area contributed by atoms with E-state index in [2.05, 4.69) is 5.32 Å². The molecule has 15 heavy (non-hydrogen) atoms. The van der Waals surface area contributed by atoms with Gasteiger partial charge < -0.3 is 16.2 Å². The molecule has 4 N–H and O–H groups in total. The molecule has 1 aromatic carbocycles. The number of carbonyl (C=O) groups is 1. The number of carboxylic acid groups (broad SMARTS) is 1. The molecule has 0 bridgehead atoms. The third kappa shape index (κ3) is 2.95. The first kappa shape index (κ1) is 11.5. The monoisotopic (exact) mass is 208 g/mol. The van der Waals surface area contributed by atoms with Crippen molar-refractivity contribution in [3.8, 4) is 0 Å². The third-order valence-electron chi connectivity index (χ3n) is 2.40. The van der Waals surface area contributed by atoms with Crippen molar-refractivity contribution in [2.24, 2.45) is 0 Å². The predicted molar refractivity (Wildman–Crippen MR) is 59.5 cm³/mol. The lowest BCUT2D eigenvalue weighted by molar-refractivity contribution is -0.139. The maximum absolute atomic E-state index is 10.6. The smallest absolute Gasteiger partial charge is 0.320 e. The lowest BCUT2D eigenvalue weighted by atomic mass is 10.1. The Morgan fingerprint density at radius 1 is 1.60 bits per heavy atom. The van der Waals surface area contributed by atoms with Crippen molar-refractivity contribution in [1.82, 2.24) is 5.32 Å². The Morgan fingerprint density at radius 2 is 2.27 bits per heavy atom. The first-order valence-electron chi connectivity index (χ1n) is 4.82. The van der Waals surface area contributed by atoms with E-state index < -0.39 is 12.0 Å². The molecule has 0 radical (unpaired) electrons. The normalized spacial score (nSPS) is 12.4. The molecular weight excluding hydrogens is 192 g/mol. The van der Waals surface area contributed by atoms with Gasteiger partial charge in [0.25, 0.3) is 0 Å². The van der Waals surface area contributed by atoms with Gasteiger partial charge in [-0.1, -0.05) is 12.1 Å². The van der Waals surface area contributed by atoms with Crippen molar-refractivity contribution in [2.45, 2.75) is 26.4 Å². The highest BCUT2D eigenvalue weighted by Gasteiger charge is 2.10. The van der Waals surface area contributed by atoms with Crippen molar-refractivity contribution in [3.63, 3.8) is 0 Å². The lowest BCUT2D eigenvalue weighted by Gasteiger charge is -2.12. The van der Waals surface area contributed by atoms with Gasteiger partial charge in [-0.2, -0.15) is 0 Å². The highest BCUT2D eigenvalue weighted by atomic mass is 16.4. The van der Waals surface area contributed by atoms with E-state index in [1.807, 2.05) is 25.1 Å². The highest BCUT2D eigenvalue weighted by molar-refractivity contribution is 5.72. The SMILES string of the molecule is Cc1cccc(N)c1CN[C@@H](C)C(=O)O. The van der Waals surface area contributed by atoms with Crippen LogP contribution < -0.4 is 11.1 Å². The molecule has 0 heterocycles. The summed E-state index contributed by atoms with van der Waals surface area (Å²) in [6.07, 6.45) is 0. The molecule has 0 aliphatic rings. The minimum atomic E-state index is -0.859. The first-order valence-corrected chi connectivity index (χ1v) is 4.82. The Bertz CT molecular complexity index is 343. The molecule has 0 fully saturated rings. The quantitative estimate of drug-likeness (QED) is 0.648. The van der Waals surface area contributed by atoms with Crippen molar-refractivity contribution in [2.75, 3.05) is 5.73 Å². The molecule has 4 nitrogen and oxygen atoms in total. The molecule has 0 amide bonds. The van der Waals surface area contributed by atoms with Crippen LogP contribution in [0.2, 0.25) is 0 Å². The third-order valence-corrected chi connectivity index (χ3v) is 2.40. The average molecular weight is 208 g/mol. The summed E-state index contributed by atoms with van der Waals surface area (Å²) in [5.74, 6) is -0.859. The van der Waals surface area contributed by atoms with Crippen LogP contribution >= 0.6 is 0 Å². The summed E-state index contributed by atoms with van der Waals surface area (Å²) in [6.45, 7) is 4.04. The van der Waals surface area contributed by atoms with E-state index in [1.54, 1.807) is 6.92 Å². The fraction of sp³-hybridized carbons (Fsp3) is 0.364. The number of benzene rings is 1. The highest BCUT2D eigenvalue weighted by Crippen LogP contribution is 2.15. The summed E-state index contributed by atoms with van der Waals surface area (Å²) in [7, 11) is 0. The van der Waals surface area contributed by atoms with Gasteiger partial charge in [-0.05, 0) is 31.0 Å². The lowest BCUT2D eigenvalue weighted by Crippen LogP contribution is -2.33. The topological polar surface area (TPSA) is 75.3 Å². The molecule has 82 valence electrons. The Balaban J connectivity index is 2.69. The summed E-state index contributed by atoms with van der Waals surface area (Å²) in [6, 6.07) is 5.09. The molecule has 0 saturated carbocycles. The minimum Gasteiger partial charge on any atom is -0.480 e.